The first-order valence-electron chi connectivity index (χ1n) is 5.73. The Morgan fingerprint density at radius 1 is 1.42 bits per heavy atom. The van der Waals surface area contributed by atoms with Crippen molar-refractivity contribution in [2.24, 2.45) is 0 Å². The van der Waals surface area contributed by atoms with E-state index in [9.17, 15) is 18.0 Å². The number of nitriles is 1. The minimum atomic E-state index is -4.42. The van der Waals surface area contributed by atoms with Crippen molar-refractivity contribution in [2.45, 2.75) is 24.4 Å². The summed E-state index contributed by atoms with van der Waals surface area (Å²) in [7, 11) is 0. The molecular formula is C13H11F3N2O. The zero-order valence-corrected chi connectivity index (χ0v) is 9.92. The van der Waals surface area contributed by atoms with Gasteiger partial charge in [0.2, 0.25) is 5.91 Å². The van der Waals surface area contributed by atoms with Crippen LogP contribution in [-0.4, -0.2) is 12.5 Å². The number of amides is 1. The van der Waals surface area contributed by atoms with Gasteiger partial charge in [-0.3, -0.25) is 4.79 Å². The summed E-state index contributed by atoms with van der Waals surface area (Å²) in [4.78, 5) is 11.9. The van der Waals surface area contributed by atoms with E-state index in [1.807, 2.05) is 0 Å². The summed E-state index contributed by atoms with van der Waals surface area (Å²) in [5, 5.41) is 10.8. The molecule has 0 spiro atoms. The lowest BCUT2D eigenvalue weighted by Crippen LogP contribution is -2.35. The van der Waals surface area contributed by atoms with Crippen molar-refractivity contribution in [3.8, 4) is 6.07 Å². The Morgan fingerprint density at radius 3 is 2.63 bits per heavy atom. The molecule has 1 aromatic carbocycles. The van der Waals surface area contributed by atoms with Gasteiger partial charge in [0, 0.05) is 0 Å². The highest BCUT2D eigenvalue weighted by Crippen LogP contribution is 2.49. The van der Waals surface area contributed by atoms with Crippen LogP contribution in [0.5, 0.6) is 0 Å². The Balaban J connectivity index is 2.27. The molecule has 1 aliphatic rings. The van der Waals surface area contributed by atoms with Crippen LogP contribution in [0.15, 0.2) is 24.3 Å². The second-order valence-electron chi connectivity index (χ2n) is 4.50. The summed E-state index contributed by atoms with van der Waals surface area (Å²) in [6.07, 6.45) is -3.41. The van der Waals surface area contributed by atoms with Crippen LogP contribution in [-0.2, 0) is 16.4 Å². The van der Waals surface area contributed by atoms with Crippen LogP contribution >= 0.6 is 0 Å². The minimum absolute atomic E-state index is 0.139. The number of carbonyl (C=O) groups excluding carboxylic acids is 1. The lowest BCUT2D eigenvalue weighted by molar-refractivity contribution is -0.137. The van der Waals surface area contributed by atoms with Gasteiger partial charge in [-0.05, 0) is 24.5 Å². The largest absolute Gasteiger partial charge is 0.416 e. The third-order valence-electron chi connectivity index (χ3n) is 3.26. The number of hydrogen-bond donors (Lipinski definition) is 1. The zero-order chi connectivity index (χ0) is 14.1. The molecule has 1 N–H and O–H groups in total. The predicted octanol–water partition coefficient (Wildman–Crippen LogP) is 2.38. The van der Waals surface area contributed by atoms with Gasteiger partial charge in [0.1, 0.15) is 6.54 Å². The Kier molecular flexibility index (Phi) is 3.23. The Hall–Kier alpha value is -2.03. The number of nitrogens with zero attached hydrogens (tertiary/aromatic N) is 1. The molecular weight excluding hydrogens is 257 g/mol. The first-order chi connectivity index (χ1) is 8.90. The molecule has 0 radical (unpaired) electrons. The van der Waals surface area contributed by atoms with E-state index in [4.69, 9.17) is 5.26 Å². The summed E-state index contributed by atoms with van der Waals surface area (Å²) in [6, 6.07) is 6.59. The maximum Gasteiger partial charge on any atom is 0.416 e. The van der Waals surface area contributed by atoms with E-state index >= 15 is 0 Å². The van der Waals surface area contributed by atoms with Crippen LogP contribution in [0.1, 0.15) is 24.0 Å². The quantitative estimate of drug-likeness (QED) is 0.856. The molecule has 0 aliphatic heterocycles. The Morgan fingerprint density at radius 2 is 2.11 bits per heavy atom. The van der Waals surface area contributed by atoms with Crippen molar-refractivity contribution in [3.05, 3.63) is 35.4 Å². The molecule has 0 heterocycles. The van der Waals surface area contributed by atoms with Crippen LogP contribution in [0.25, 0.3) is 0 Å². The van der Waals surface area contributed by atoms with Crippen molar-refractivity contribution < 1.29 is 18.0 Å². The van der Waals surface area contributed by atoms with E-state index in [2.05, 4.69) is 5.32 Å². The highest BCUT2D eigenvalue weighted by molar-refractivity contribution is 5.91. The molecule has 1 saturated carbocycles. The third-order valence-corrected chi connectivity index (χ3v) is 3.26. The summed E-state index contributed by atoms with van der Waals surface area (Å²) >= 11 is 0. The first kappa shape index (κ1) is 13.4. The van der Waals surface area contributed by atoms with Gasteiger partial charge in [0.25, 0.3) is 0 Å². The molecule has 0 atom stereocenters. The van der Waals surface area contributed by atoms with E-state index in [0.29, 0.717) is 18.4 Å². The number of carbonyl (C=O) groups is 1. The summed E-state index contributed by atoms with van der Waals surface area (Å²) in [5.74, 6) is -0.381. The van der Waals surface area contributed by atoms with Crippen molar-refractivity contribution >= 4 is 5.91 Å². The number of alkyl halides is 3. The standard InChI is InChI=1S/C13H11F3N2O/c14-13(15,16)10-3-1-2-9(8-10)12(4-5-12)11(19)18-7-6-17/h1-3,8H,4-5,7H2,(H,18,19). The van der Waals surface area contributed by atoms with E-state index in [0.717, 1.165) is 12.1 Å². The minimum Gasteiger partial charge on any atom is -0.342 e. The Bertz CT molecular complexity index is 542. The molecule has 0 bridgehead atoms. The molecule has 0 saturated heterocycles. The zero-order valence-electron chi connectivity index (χ0n) is 9.92. The van der Waals surface area contributed by atoms with E-state index in [1.54, 1.807) is 6.07 Å². The molecule has 0 unspecified atom stereocenters. The Labute approximate surface area is 108 Å². The molecule has 1 aromatic rings. The number of rotatable bonds is 3. The predicted molar refractivity (Wildman–Crippen MR) is 61.0 cm³/mol. The molecule has 3 nitrogen and oxygen atoms in total. The summed E-state index contributed by atoms with van der Waals surface area (Å²) < 4.78 is 37.9. The van der Waals surface area contributed by atoms with Gasteiger partial charge in [-0.15, -0.1) is 0 Å². The van der Waals surface area contributed by atoms with Crippen molar-refractivity contribution in [2.75, 3.05) is 6.54 Å². The fourth-order valence-corrected chi connectivity index (χ4v) is 2.05. The van der Waals surface area contributed by atoms with Gasteiger partial charge < -0.3 is 5.32 Å². The maximum absolute atomic E-state index is 12.6. The summed E-state index contributed by atoms with van der Waals surface area (Å²) in [5.41, 5.74) is -1.29. The number of hydrogen-bond acceptors (Lipinski definition) is 2. The van der Waals surface area contributed by atoms with Crippen molar-refractivity contribution in [3.63, 3.8) is 0 Å². The summed E-state index contributed by atoms with van der Waals surface area (Å²) in [6.45, 7) is -0.139. The molecule has 1 fully saturated rings. The van der Waals surface area contributed by atoms with Crippen LogP contribution in [0.3, 0.4) is 0 Å². The average molecular weight is 268 g/mol. The van der Waals surface area contributed by atoms with E-state index < -0.39 is 17.2 Å². The van der Waals surface area contributed by atoms with Crippen LogP contribution < -0.4 is 5.32 Å². The monoisotopic (exact) mass is 268 g/mol. The van der Waals surface area contributed by atoms with Crippen molar-refractivity contribution in [1.29, 1.82) is 5.26 Å². The lowest BCUT2D eigenvalue weighted by Gasteiger charge is -2.16. The fourth-order valence-electron chi connectivity index (χ4n) is 2.05. The second-order valence-corrected chi connectivity index (χ2v) is 4.50. The maximum atomic E-state index is 12.6. The van der Waals surface area contributed by atoms with Gasteiger partial charge in [-0.1, -0.05) is 18.2 Å². The van der Waals surface area contributed by atoms with Gasteiger partial charge >= 0.3 is 6.18 Å². The van der Waals surface area contributed by atoms with Crippen LogP contribution in [0, 0.1) is 11.3 Å². The molecule has 100 valence electrons. The highest BCUT2D eigenvalue weighted by Gasteiger charge is 2.51. The van der Waals surface area contributed by atoms with Gasteiger partial charge in [-0.25, -0.2) is 0 Å². The lowest BCUT2D eigenvalue weighted by atomic mass is 9.93. The first-order valence-corrected chi connectivity index (χ1v) is 5.73. The van der Waals surface area contributed by atoms with Gasteiger partial charge in [0.15, 0.2) is 0 Å². The molecule has 0 aromatic heterocycles. The van der Waals surface area contributed by atoms with E-state index in [1.165, 1.54) is 12.1 Å². The fraction of sp³-hybridized carbons (Fsp3) is 0.385. The molecule has 19 heavy (non-hydrogen) atoms. The smallest absolute Gasteiger partial charge is 0.342 e. The van der Waals surface area contributed by atoms with E-state index in [-0.39, 0.29) is 12.5 Å². The molecule has 6 heteroatoms. The van der Waals surface area contributed by atoms with Crippen LogP contribution in [0.4, 0.5) is 13.2 Å². The topological polar surface area (TPSA) is 52.9 Å². The molecule has 1 amide bonds. The molecule has 1 aliphatic carbocycles. The normalized spacial score (nSPS) is 16.5. The molecule has 2 rings (SSSR count). The van der Waals surface area contributed by atoms with Gasteiger partial charge in [-0.2, -0.15) is 18.4 Å². The third kappa shape index (κ3) is 2.55. The van der Waals surface area contributed by atoms with Gasteiger partial charge in [0.05, 0.1) is 17.0 Å². The van der Waals surface area contributed by atoms with Crippen LogP contribution in [0.2, 0.25) is 0 Å². The highest BCUT2D eigenvalue weighted by atomic mass is 19.4. The second kappa shape index (κ2) is 4.57. The average Bonchev–Trinajstić information content (AvgIpc) is 3.16. The number of halogens is 3. The number of benzene rings is 1. The van der Waals surface area contributed by atoms with Crippen molar-refractivity contribution in [1.82, 2.24) is 5.32 Å². The number of nitrogens with one attached hydrogen (secondary N) is 1. The SMILES string of the molecule is N#CCNC(=O)C1(c2cccc(C(F)(F)F)c2)CC1.